The SMILES string of the molecule is COCCCCc1ccc2c(c1)OCCC(=O)N2. The zero-order chi connectivity index (χ0) is 12.8. The number of hydrogen-bond donors (Lipinski definition) is 1. The molecule has 4 heteroatoms. The molecule has 1 amide bonds. The van der Waals surface area contributed by atoms with Crippen molar-refractivity contribution in [2.24, 2.45) is 0 Å². The van der Waals surface area contributed by atoms with Gasteiger partial charge in [0.2, 0.25) is 5.91 Å². The van der Waals surface area contributed by atoms with Gasteiger partial charge in [-0.3, -0.25) is 4.79 Å². The number of ether oxygens (including phenoxy) is 2. The molecule has 0 radical (unpaired) electrons. The van der Waals surface area contributed by atoms with Crippen molar-refractivity contribution in [3.63, 3.8) is 0 Å². The summed E-state index contributed by atoms with van der Waals surface area (Å²) in [7, 11) is 1.72. The first-order valence-corrected chi connectivity index (χ1v) is 6.34. The molecule has 0 spiro atoms. The maximum Gasteiger partial charge on any atom is 0.227 e. The Kier molecular flexibility index (Phi) is 4.59. The highest BCUT2D eigenvalue weighted by molar-refractivity contribution is 5.93. The Labute approximate surface area is 107 Å². The van der Waals surface area contributed by atoms with Gasteiger partial charge in [0.1, 0.15) is 5.75 Å². The van der Waals surface area contributed by atoms with Gasteiger partial charge in [-0.1, -0.05) is 6.07 Å². The smallest absolute Gasteiger partial charge is 0.227 e. The first kappa shape index (κ1) is 12.9. The quantitative estimate of drug-likeness (QED) is 0.815. The highest BCUT2D eigenvalue weighted by Crippen LogP contribution is 2.28. The van der Waals surface area contributed by atoms with Crippen LogP contribution in [0.25, 0.3) is 0 Å². The number of anilines is 1. The Morgan fingerprint density at radius 1 is 1.39 bits per heavy atom. The van der Waals surface area contributed by atoms with Gasteiger partial charge in [0.15, 0.2) is 0 Å². The number of unbranched alkanes of at least 4 members (excludes halogenated alkanes) is 1. The predicted octanol–water partition coefficient (Wildman–Crippen LogP) is 2.38. The van der Waals surface area contributed by atoms with Gasteiger partial charge in [-0.2, -0.15) is 0 Å². The molecule has 1 N–H and O–H groups in total. The number of benzene rings is 1. The maximum atomic E-state index is 11.4. The summed E-state index contributed by atoms with van der Waals surface area (Å²) >= 11 is 0. The van der Waals surface area contributed by atoms with Crippen LogP contribution in [-0.4, -0.2) is 26.2 Å². The molecule has 0 unspecified atom stereocenters. The zero-order valence-electron chi connectivity index (χ0n) is 10.7. The molecule has 1 aliphatic heterocycles. The van der Waals surface area contributed by atoms with Crippen molar-refractivity contribution in [2.45, 2.75) is 25.7 Å². The number of hydrogen-bond acceptors (Lipinski definition) is 3. The molecule has 1 heterocycles. The van der Waals surface area contributed by atoms with Crippen LogP contribution in [0.1, 0.15) is 24.8 Å². The number of nitrogens with one attached hydrogen (secondary N) is 1. The van der Waals surface area contributed by atoms with E-state index in [1.807, 2.05) is 18.2 Å². The third kappa shape index (κ3) is 3.47. The Morgan fingerprint density at radius 2 is 2.28 bits per heavy atom. The van der Waals surface area contributed by atoms with Crippen molar-refractivity contribution in [1.82, 2.24) is 0 Å². The van der Waals surface area contributed by atoms with E-state index >= 15 is 0 Å². The van der Waals surface area contributed by atoms with Crippen LogP contribution in [-0.2, 0) is 16.0 Å². The maximum absolute atomic E-state index is 11.4. The van der Waals surface area contributed by atoms with Crippen LogP contribution in [0, 0.1) is 0 Å². The molecule has 0 atom stereocenters. The first-order chi connectivity index (χ1) is 8.79. The van der Waals surface area contributed by atoms with Crippen molar-refractivity contribution in [2.75, 3.05) is 25.6 Å². The molecule has 2 rings (SSSR count). The molecule has 1 aromatic rings. The van der Waals surface area contributed by atoms with E-state index in [-0.39, 0.29) is 5.91 Å². The normalized spacial score (nSPS) is 14.4. The summed E-state index contributed by atoms with van der Waals surface area (Å²) in [5.41, 5.74) is 2.01. The second-order valence-electron chi connectivity index (χ2n) is 4.43. The van der Waals surface area contributed by atoms with Crippen molar-refractivity contribution < 1.29 is 14.3 Å². The second-order valence-corrected chi connectivity index (χ2v) is 4.43. The van der Waals surface area contributed by atoms with E-state index in [4.69, 9.17) is 9.47 Å². The molecule has 1 aliphatic rings. The molecule has 0 aliphatic carbocycles. The molecule has 4 nitrogen and oxygen atoms in total. The lowest BCUT2D eigenvalue weighted by Crippen LogP contribution is -2.10. The molecule has 0 bridgehead atoms. The van der Waals surface area contributed by atoms with E-state index in [0.717, 1.165) is 37.3 Å². The minimum Gasteiger partial charge on any atom is -0.491 e. The lowest BCUT2D eigenvalue weighted by molar-refractivity contribution is -0.116. The van der Waals surface area contributed by atoms with Crippen LogP contribution >= 0.6 is 0 Å². The van der Waals surface area contributed by atoms with Gasteiger partial charge in [0.25, 0.3) is 0 Å². The van der Waals surface area contributed by atoms with Gasteiger partial charge >= 0.3 is 0 Å². The Bertz CT molecular complexity index is 418. The van der Waals surface area contributed by atoms with Crippen LogP contribution in [0.2, 0.25) is 0 Å². The fourth-order valence-corrected chi connectivity index (χ4v) is 1.99. The minimum absolute atomic E-state index is 0.0154. The van der Waals surface area contributed by atoms with Gasteiger partial charge in [0, 0.05) is 13.7 Å². The molecule has 1 aromatic carbocycles. The lowest BCUT2D eigenvalue weighted by atomic mass is 10.1. The molecule has 98 valence electrons. The fraction of sp³-hybridized carbons (Fsp3) is 0.500. The van der Waals surface area contributed by atoms with Crippen LogP contribution in [0.5, 0.6) is 5.75 Å². The van der Waals surface area contributed by atoms with E-state index < -0.39 is 0 Å². The predicted molar refractivity (Wildman–Crippen MR) is 70.0 cm³/mol. The Hall–Kier alpha value is -1.55. The van der Waals surface area contributed by atoms with Gasteiger partial charge in [-0.15, -0.1) is 0 Å². The molecule has 0 aromatic heterocycles. The summed E-state index contributed by atoms with van der Waals surface area (Å²) < 4.78 is 10.6. The van der Waals surface area contributed by atoms with Crippen molar-refractivity contribution >= 4 is 11.6 Å². The molecular weight excluding hydrogens is 230 g/mol. The Morgan fingerprint density at radius 3 is 3.11 bits per heavy atom. The lowest BCUT2D eigenvalue weighted by Gasteiger charge is -2.09. The third-order valence-electron chi connectivity index (χ3n) is 2.97. The van der Waals surface area contributed by atoms with Crippen LogP contribution in [0.3, 0.4) is 0 Å². The fourth-order valence-electron chi connectivity index (χ4n) is 1.99. The minimum atomic E-state index is 0.0154. The third-order valence-corrected chi connectivity index (χ3v) is 2.97. The molecular formula is C14H19NO3. The molecule has 0 saturated heterocycles. The van der Waals surface area contributed by atoms with E-state index in [0.29, 0.717) is 13.0 Å². The summed E-state index contributed by atoms with van der Waals surface area (Å²) in [4.78, 5) is 11.4. The summed E-state index contributed by atoms with van der Waals surface area (Å²) in [6, 6.07) is 5.98. The standard InChI is InChI=1S/C14H19NO3/c1-17-8-3-2-4-11-5-6-12-13(10-11)18-9-7-14(16)15-12/h5-6,10H,2-4,7-9H2,1H3,(H,15,16). The summed E-state index contributed by atoms with van der Waals surface area (Å²) in [5.74, 6) is 0.798. The van der Waals surface area contributed by atoms with Gasteiger partial charge in [0.05, 0.1) is 18.7 Å². The number of carbonyl (C=O) groups excluding carboxylic acids is 1. The second kappa shape index (κ2) is 6.40. The number of methoxy groups -OCH3 is 1. The van der Waals surface area contributed by atoms with E-state index in [1.165, 1.54) is 5.56 Å². The average molecular weight is 249 g/mol. The number of aryl methyl sites for hydroxylation is 1. The van der Waals surface area contributed by atoms with E-state index in [2.05, 4.69) is 5.32 Å². The zero-order valence-corrected chi connectivity index (χ0v) is 10.7. The van der Waals surface area contributed by atoms with E-state index in [1.54, 1.807) is 7.11 Å². The summed E-state index contributed by atoms with van der Waals surface area (Å²) in [6.07, 6.45) is 3.58. The van der Waals surface area contributed by atoms with Crippen molar-refractivity contribution in [3.8, 4) is 5.75 Å². The highest BCUT2D eigenvalue weighted by Gasteiger charge is 2.13. The topological polar surface area (TPSA) is 47.6 Å². The van der Waals surface area contributed by atoms with Crippen molar-refractivity contribution in [1.29, 1.82) is 0 Å². The highest BCUT2D eigenvalue weighted by atomic mass is 16.5. The molecule has 0 saturated carbocycles. The van der Waals surface area contributed by atoms with E-state index in [9.17, 15) is 4.79 Å². The summed E-state index contributed by atoms with van der Waals surface area (Å²) in [6.45, 7) is 1.25. The number of fused-ring (bicyclic) bond motifs is 1. The Balaban J connectivity index is 1.98. The largest absolute Gasteiger partial charge is 0.491 e. The van der Waals surface area contributed by atoms with Gasteiger partial charge in [-0.05, 0) is 37.0 Å². The summed E-state index contributed by atoms with van der Waals surface area (Å²) in [5, 5.41) is 2.84. The van der Waals surface area contributed by atoms with Crippen LogP contribution in [0.15, 0.2) is 18.2 Å². The average Bonchev–Trinajstić information content (AvgIpc) is 2.55. The number of amides is 1. The van der Waals surface area contributed by atoms with Crippen LogP contribution < -0.4 is 10.1 Å². The number of rotatable bonds is 5. The molecule has 0 fully saturated rings. The van der Waals surface area contributed by atoms with Gasteiger partial charge in [-0.25, -0.2) is 0 Å². The molecule has 18 heavy (non-hydrogen) atoms. The monoisotopic (exact) mass is 249 g/mol. The van der Waals surface area contributed by atoms with Crippen molar-refractivity contribution in [3.05, 3.63) is 23.8 Å². The number of carbonyl (C=O) groups is 1. The van der Waals surface area contributed by atoms with Gasteiger partial charge < -0.3 is 14.8 Å². The first-order valence-electron chi connectivity index (χ1n) is 6.34. The van der Waals surface area contributed by atoms with Crippen LogP contribution in [0.4, 0.5) is 5.69 Å².